The summed E-state index contributed by atoms with van der Waals surface area (Å²) >= 11 is 0. The van der Waals surface area contributed by atoms with Crippen molar-refractivity contribution in [1.82, 2.24) is 25.3 Å². The molecule has 3 N–H and O–H groups in total. The molecule has 17 nitrogen and oxygen atoms in total. The lowest BCUT2D eigenvalue weighted by Gasteiger charge is -2.31. The number of ether oxygens (including phenoxy) is 4. The molecular weight excluding hydrogens is 1180 g/mol. The number of unbranched alkanes of at least 4 members (excludes halogenated alkanes) is 2. The van der Waals surface area contributed by atoms with Crippen LogP contribution >= 0.6 is 0 Å². The second-order valence-electron chi connectivity index (χ2n) is 26.8. The van der Waals surface area contributed by atoms with Gasteiger partial charge in [-0.25, -0.2) is 0 Å². The van der Waals surface area contributed by atoms with Gasteiger partial charge in [-0.05, 0) is 210 Å². The van der Waals surface area contributed by atoms with Crippen LogP contribution in [0.25, 0.3) is 11.1 Å². The van der Waals surface area contributed by atoms with Gasteiger partial charge >= 0.3 is 0 Å². The van der Waals surface area contributed by atoms with Crippen LogP contribution in [0.5, 0.6) is 23.0 Å². The second-order valence-corrected chi connectivity index (χ2v) is 26.8. The van der Waals surface area contributed by atoms with E-state index in [1.54, 1.807) is 44.2 Å². The molecule has 0 spiro atoms. The van der Waals surface area contributed by atoms with Crippen LogP contribution in [0.2, 0.25) is 0 Å². The number of ketones is 1. The van der Waals surface area contributed by atoms with Gasteiger partial charge in [0.15, 0.2) is 28.8 Å². The van der Waals surface area contributed by atoms with E-state index in [1.807, 2.05) is 50.4 Å². The summed E-state index contributed by atoms with van der Waals surface area (Å²) in [5, 5.41) is 8.44. The summed E-state index contributed by atoms with van der Waals surface area (Å²) in [6.45, 7) is 12.7. The number of Topliss-reactive ketones (excluding diaryl/α,β-unsaturated/α-hetero) is 1. The first-order chi connectivity index (χ1) is 45.3. The highest BCUT2D eigenvalue weighted by atomic mass is 16.5. The minimum absolute atomic E-state index is 0.0780. The number of imide groups is 1. The van der Waals surface area contributed by atoms with Gasteiger partial charge in [-0.3, -0.25) is 38.5 Å². The molecule has 0 aromatic heterocycles. The minimum atomic E-state index is -0.919. The third-order valence-electron chi connectivity index (χ3n) is 19.7. The monoisotopic (exact) mass is 1280 g/mol. The molecule has 4 aromatic carbocycles. The number of allylic oxidation sites excluding steroid dienone is 5. The van der Waals surface area contributed by atoms with Crippen LogP contribution < -0.4 is 34.9 Å². The largest absolute Gasteiger partial charge is 0.493 e. The molecule has 498 valence electrons. The van der Waals surface area contributed by atoms with Crippen molar-refractivity contribution in [3.8, 4) is 23.0 Å². The summed E-state index contributed by atoms with van der Waals surface area (Å²) in [5.74, 6) is 1.13. The van der Waals surface area contributed by atoms with Gasteiger partial charge < -0.3 is 44.7 Å². The van der Waals surface area contributed by atoms with Crippen LogP contribution in [-0.4, -0.2) is 128 Å². The van der Waals surface area contributed by atoms with Gasteiger partial charge in [-0.15, -0.1) is 0 Å². The lowest BCUT2D eigenvalue weighted by Crippen LogP contribution is -2.53. The van der Waals surface area contributed by atoms with Crippen molar-refractivity contribution in [3.63, 3.8) is 0 Å². The number of aryl methyl sites for hydroxylation is 1. The van der Waals surface area contributed by atoms with E-state index >= 15 is 0 Å². The average Bonchev–Trinajstić information content (AvgIpc) is 1.44. The van der Waals surface area contributed by atoms with Crippen LogP contribution in [-0.2, 0) is 30.4 Å². The molecule has 7 unspecified atom stereocenters. The van der Waals surface area contributed by atoms with E-state index < -0.39 is 23.9 Å². The number of anilines is 1. The van der Waals surface area contributed by atoms with Gasteiger partial charge in [0.2, 0.25) is 17.7 Å². The van der Waals surface area contributed by atoms with E-state index in [-0.39, 0.29) is 72.1 Å². The number of fused-ring (bicyclic) bond motifs is 4. The number of benzene rings is 4. The van der Waals surface area contributed by atoms with Crippen LogP contribution in [0.1, 0.15) is 185 Å². The summed E-state index contributed by atoms with van der Waals surface area (Å²) in [7, 11) is 5.41. The molecule has 4 aromatic rings. The Morgan fingerprint density at radius 2 is 1.39 bits per heavy atom. The number of rotatable bonds is 23. The summed E-state index contributed by atoms with van der Waals surface area (Å²) in [4.78, 5) is 97.7. The maximum Gasteiger partial charge on any atom is 0.258 e. The smallest absolute Gasteiger partial charge is 0.258 e. The fourth-order valence-electron chi connectivity index (χ4n) is 14.0. The molecular formula is C77H94N6O11. The fourth-order valence-corrected chi connectivity index (χ4v) is 14.0. The molecule has 1 fully saturated rings. The van der Waals surface area contributed by atoms with Crippen molar-refractivity contribution in [1.29, 1.82) is 0 Å². The van der Waals surface area contributed by atoms with E-state index in [9.17, 15) is 33.6 Å². The second kappa shape index (κ2) is 31.6. The average molecular weight is 1280 g/mol. The zero-order valence-electron chi connectivity index (χ0n) is 56.1. The molecule has 4 heterocycles. The SMILES string of the molecule is COc1cc2c(cc1OCCCOc1cc3c(cc1OC)C(=O)CC1CC=C(c4ccc(C5CCCN(C)CC5)cc4)CC1C=CCC3C)CCC(C)=CC1CC(c3ccc(NC(=O)C(C)NC(=O)C(NC(=O)CCCCCN4C(=O)C=CC4=O)C(C)C)cc3)=CN1C2=O. The van der Waals surface area contributed by atoms with Gasteiger partial charge in [-0.1, -0.05) is 93.5 Å². The van der Waals surface area contributed by atoms with E-state index in [0.29, 0.717) is 104 Å². The van der Waals surface area contributed by atoms with Crippen molar-refractivity contribution >= 4 is 58.1 Å². The molecule has 17 heteroatoms. The Balaban J connectivity index is 0.711. The van der Waals surface area contributed by atoms with Gasteiger partial charge in [0.05, 0.1) is 33.5 Å². The Bertz CT molecular complexity index is 3600. The first-order valence-electron chi connectivity index (χ1n) is 34.0. The summed E-state index contributed by atoms with van der Waals surface area (Å²) < 4.78 is 24.6. The Morgan fingerprint density at radius 1 is 0.702 bits per heavy atom. The number of amides is 6. The zero-order chi connectivity index (χ0) is 66.6. The standard InChI is InChI=1S/C77H94N6O11/c1-48(2)74(80-71(85)18-10-9-11-35-82-72(86)31-32-73(82)87)76(89)78-51(5)75(88)79-61-29-27-55(28-30-61)60-41-62-39-49(3)19-20-59-43-69(67(91-7)45-64(59)77(90)83(62)47-60)93-37-14-38-94-70-44-63-50(4)15-12-16-56-40-57(25-26-58(56)42-66(84)65(63)46-68(70)92-8)54-23-21-53(22-24-54)52-17-13-34-81(6)36-33-52/h12,16,21-25,27-32,39,43-48,50-52,56,58,62,74H,9-11,13-15,17-20,26,33-38,40-42H2,1-8H3,(H,78,89)(H,79,88)(H,80,85). The molecule has 0 radical (unpaired) electrons. The van der Waals surface area contributed by atoms with Crippen LogP contribution in [0.3, 0.4) is 0 Å². The molecule has 4 aliphatic heterocycles. The first-order valence-corrected chi connectivity index (χ1v) is 34.0. The molecule has 6 amide bonds. The van der Waals surface area contributed by atoms with E-state index in [0.717, 1.165) is 60.1 Å². The highest BCUT2D eigenvalue weighted by molar-refractivity contribution is 6.13. The number of carbonyl (C=O) groups excluding carboxylic acids is 7. The van der Waals surface area contributed by atoms with Crippen LogP contribution in [0, 0.1) is 17.8 Å². The van der Waals surface area contributed by atoms with Crippen molar-refractivity contribution < 1.29 is 52.5 Å². The summed E-state index contributed by atoms with van der Waals surface area (Å²) in [5.41, 5.74) is 10.7. The van der Waals surface area contributed by atoms with Gasteiger partial charge in [0.25, 0.3) is 17.7 Å². The Hall–Kier alpha value is -8.57. The topological polar surface area (TPSA) is 202 Å². The summed E-state index contributed by atoms with van der Waals surface area (Å²) in [6.07, 6.45) is 24.7. The Morgan fingerprint density at radius 3 is 2.11 bits per heavy atom. The molecule has 6 aliphatic rings. The Labute approximate surface area is 554 Å². The van der Waals surface area contributed by atoms with Crippen LogP contribution in [0.15, 0.2) is 121 Å². The fraction of sp³-hybridized carbons (Fsp3) is 0.468. The normalized spacial score (nSPS) is 21.4. The quantitative estimate of drug-likeness (QED) is 0.0361. The molecule has 2 aliphatic carbocycles. The number of likely N-dealkylation sites (tertiary alicyclic amines) is 1. The molecule has 7 atom stereocenters. The number of hydrogen-bond donors (Lipinski definition) is 3. The third kappa shape index (κ3) is 16.8. The zero-order valence-corrected chi connectivity index (χ0v) is 56.1. The van der Waals surface area contributed by atoms with E-state index in [4.69, 9.17) is 18.9 Å². The van der Waals surface area contributed by atoms with Crippen molar-refractivity contribution in [2.24, 2.45) is 17.8 Å². The lowest BCUT2D eigenvalue weighted by atomic mass is 9.73. The number of methoxy groups -OCH3 is 2. The predicted octanol–water partition coefficient (Wildman–Crippen LogP) is 12.7. The lowest BCUT2D eigenvalue weighted by molar-refractivity contribution is -0.137. The number of nitrogens with one attached hydrogen (secondary N) is 3. The highest BCUT2D eigenvalue weighted by Gasteiger charge is 2.35. The first kappa shape index (κ1) is 68.3. The molecule has 1 saturated heterocycles. The molecule has 0 saturated carbocycles. The van der Waals surface area contributed by atoms with Crippen LogP contribution in [0.4, 0.5) is 5.69 Å². The highest BCUT2D eigenvalue weighted by Crippen LogP contribution is 2.43. The minimum Gasteiger partial charge on any atom is -0.493 e. The van der Waals surface area contributed by atoms with E-state index in [2.05, 4.69) is 90.3 Å². The van der Waals surface area contributed by atoms with Gasteiger partial charge in [0, 0.05) is 61.0 Å². The Kier molecular flexibility index (Phi) is 22.9. The number of hydrogen-bond acceptors (Lipinski definition) is 12. The van der Waals surface area contributed by atoms with Crippen molar-refractivity contribution in [3.05, 3.63) is 160 Å². The molecule has 10 rings (SSSR count). The van der Waals surface area contributed by atoms with Gasteiger partial charge in [0.1, 0.15) is 12.1 Å². The van der Waals surface area contributed by atoms with Gasteiger partial charge in [-0.2, -0.15) is 0 Å². The van der Waals surface area contributed by atoms with Crippen molar-refractivity contribution in [2.45, 2.75) is 161 Å². The predicted molar refractivity (Wildman–Crippen MR) is 366 cm³/mol. The number of nitrogens with zero attached hydrogens (tertiary/aromatic N) is 3. The summed E-state index contributed by atoms with van der Waals surface area (Å²) in [6, 6.07) is 22.3. The molecule has 0 bridgehead atoms. The third-order valence-corrected chi connectivity index (χ3v) is 19.7. The van der Waals surface area contributed by atoms with Crippen molar-refractivity contribution in [2.75, 3.05) is 59.4 Å². The number of carbonyl (C=O) groups is 7. The maximum atomic E-state index is 14.7. The van der Waals surface area contributed by atoms with E-state index in [1.165, 1.54) is 59.6 Å². The maximum absolute atomic E-state index is 14.7. The molecule has 94 heavy (non-hydrogen) atoms.